The average molecular weight is 495 g/mol. The first kappa shape index (κ1) is 26.3. The van der Waals surface area contributed by atoms with Gasteiger partial charge in [-0.15, -0.1) is 0 Å². The van der Waals surface area contributed by atoms with Crippen LogP contribution in [0.2, 0.25) is 0 Å². The van der Waals surface area contributed by atoms with Crippen molar-refractivity contribution >= 4 is 11.8 Å². The van der Waals surface area contributed by atoms with Gasteiger partial charge in [0.25, 0.3) is 5.91 Å². The number of hydrogen-bond acceptors (Lipinski definition) is 5. The summed E-state index contributed by atoms with van der Waals surface area (Å²) in [7, 11) is 0. The van der Waals surface area contributed by atoms with Gasteiger partial charge >= 0.3 is 5.97 Å². The highest BCUT2D eigenvalue weighted by Crippen LogP contribution is 2.41. The predicted octanol–water partition coefficient (Wildman–Crippen LogP) is 4.55. The highest BCUT2D eigenvalue weighted by molar-refractivity contribution is 5.99. The molecule has 2 atom stereocenters. The molecule has 0 saturated carbocycles. The average Bonchev–Trinajstić information content (AvgIpc) is 2.88. The fraction of sp³-hybridized carbons (Fsp3) is 0.517. The minimum atomic E-state index is -1.34. The Bertz CT molecular complexity index is 1050. The van der Waals surface area contributed by atoms with Crippen LogP contribution in [0.25, 0.3) is 0 Å². The SMILES string of the molecule is CC(C)[C@H](NC(=O)C(C)(C)N(C(=O)c1ccccc1)[C@@H](C)c1ccccc1)C12OCC(C)(CO1)CO2. The van der Waals surface area contributed by atoms with E-state index < -0.39 is 17.6 Å². The number of benzene rings is 2. The van der Waals surface area contributed by atoms with Crippen molar-refractivity contribution in [2.24, 2.45) is 11.3 Å². The number of rotatable bonds is 8. The Morgan fingerprint density at radius 1 is 0.889 bits per heavy atom. The summed E-state index contributed by atoms with van der Waals surface area (Å²) in [6.07, 6.45) is 0. The van der Waals surface area contributed by atoms with Crippen molar-refractivity contribution in [1.29, 1.82) is 0 Å². The number of carbonyl (C=O) groups is 2. The molecule has 194 valence electrons. The van der Waals surface area contributed by atoms with E-state index in [4.69, 9.17) is 14.2 Å². The van der Waals surface area contributed by atoms with Crippen LogP contribution in [0.3, 0.4) is 0 Å². The highest BCUT2D eigenvalue weighted by atomic mass is 16.9. The molecule has 2 aromatic rings. The van der Waals surface area contributed by atoms with Crippen molar-refractivity contribution in [1.82, 2.24) is 10.2 Å². The third-order valence-corrected chi connectivity index (χ3v) is 7.27. The van der Waals surface area contributed by atoms with Crippen molar-refractivity contribution in [2.45, 2.75) is 65.1 Å². The molecule has 36 heavy (non-hydrogen) atoms. The quantitative estimate of drug-likeness (QED) is 0.583. The molecule has 1 N–H and O–H groups in total. The molecular formula is C29H38N2O5. The molecule has 3 aliphatic heterocycles. The fourth-order valence-electron chi connectivity index (χ4n) is 4.95. The Morgan fingerprint density at radius 3 is 1.89 bits per heavy atom. The number of ether oxygens (including phenoxy) is 3. The molecule has 2 aromatic carbocycles. The zero-order valence-corrected chi connectivity index (χ0v) is 22.1. The molecule has 3 aliphatic rings. The number of nitrogens with one attached hydrogen (secondary N) is 1. The van der Waals surface area contributed by atoms with Crippen LogP contribution in [0.5, 0.6) is 0 Å². The van der Waals surface area contributed by atoms with Crippen LogP contribution < -0.4 is 5.32 Å². The van der Waals surface area contributed by atoms with Crippen molar-refractivity contribution < 1.29 is 23.8 Å². The Balaban J connectivity index is 1.65. The minimum absolute atomic E-state index is 0.0444. The fourth-order valence-corrected chi connectivity index (χ4v) is 4.95. The van der Waals surface area contributed by atoms with E-state index in [2.05, 4.69) is 12.2 Å². The van der Waals surface area contributed by atoms with E-state index in [1.165, 1.54) is 0 Å². The Hall–Kier alpha value is -2.74. The van der Waals surface area contributed by atoms with Crippen LogP contribution in [0.4, 0.5) is 0 Å². The van der Waals surface area contributed by atoms with Gasteiger partial charge in [-0.2, -0.15) is 0 Å². The smallest absolute Gasteiger partial charge is 0.304 e. The molecule has 0 radical (unpaired) electrons. The van der Waals surface area contributed by atoms with E-state index in [1.807, 2.05) is 69.3 Å². The second kappa shape index (κ2) is 9.96. The summed E-state index contributed by atoms with van der Waals surface area (Å²) in [5, 5.41) is 3.14. The van der Waals surface area contributed by atoms with E-state index in [-0.39, 0.29) is 29.2 Å². The molecule has 3 heterocycles. The molecule has 5 rings (SSSR count). The number of amides is 2. The first-order chi connectivity index (χ1) is 17.0. The van der Waals surface area contributed by atoms with Gasteiger partial charge in [0.2, 0.25) is 5.91 Å². The van der Waals surface area contributed by atoms with Crippen LogP contribution in [0, 0.1) is 11.3 Å². The molecule has 3 saturated heterocycles. The maximum Gasteiger partial charge on any atom is 0.304 e. The molecule has 2 bridgehead atoms. The lowest BCUT2D eigenvalue weighted by molar-refractivity contribution is -0.476. The number of hydrogen-bond donors (Lipinski definition) is 1. The third kappa shape index (κ3) is 4.92. The summed E-state index contributed by atoms with van der Waals surface area (Å²) in [6, 6.07) is 17.9. The number of fused-ring (bicyclic) bond motifs is 3. The molecule has 0 spiro atoms. The highest BCUT2D eigenvalue weighted by Gasteiger charge is 2.57. The van der Waals surface area contributed by atoms with Crippen molar-refractivity contribution in [3.63, 3.8) is 0 Å². The maximum atomic E-state index is 14.0. The minimum Gasteiger partial charge on any atom is -0.343 e. The molecule has 2 amide bonds. The zero-order chi connectivity index (χ0) is 26.1. The summed E-state index contributed by atoms with van der Waals surface area (Å²) < 4.78 is 18.2. The van der Waals surface area contributed by atoms with Crippen LogP contribution in [0.15, 0.2) is 60.7 Å². The van der Waals surface area contributed by atoms with Crippen LogP contribution >= 0.6 is 0 Å². The largest absolute Gasteiger partial charge is 0.343 e. The van der Waals surface area contributed by atoms with E-state index in [0.29, 0.717) is 25.4 Å². The molecule has 7 nitrogen and oxygen atoms in total. The molecule has 0 unspecified atom stereocenters. The van der Waals surface area contributed by atoms with Gasteiger partial charge in [-0.05, 0) is 44.4 Å². The van der Waals surface area contributed by atoms with E-state index in [1.54, 1.807) is 30.9 Å². The molecule has 0 aromatic heterocycles. The summed E-state index contributed by atoms with van der Waals surface area (Å²) in [4.78, 5) is 29.5. The van der Waals surface area contributed by atoms with Crippen LogP contribution in [-0.4, -0.2) is 54.1 Å². The Labute approximate surface area is 214 Å². The second-order valence-corrected chi connectivity index (χ2v) is 11.2. The Morgan fingerprint density at radius 2 is 1.39 bits per heavy atom. The molecular weight excluding hydrogens is 456 g/mol. The van der Waals surface area contributed by atoms with Gasteiger partial charge in [0.05, 0.1) is 25.9 Å². The normalized spacial score (nSPS) is 25.3. The first-order valence-electron chi connectivity index (χ1n) is 12.7. The van der Waals surface area contributed by atoms with E-state index >= 15 is 0 Å². The summed E-state index contributed by atoms with van der Waals surface area (Å²) in [5.74, 6) is -1.91. The van der Waals surface area contributed by atoms with Crippen molar-refractivity contribution in [3.8, 4) is 0 Å². The zero-order valence-electron chi connectivity index (χ0n) is 22.1. The second-order valence-electron chi connectivity index (χ2n) is 11.2. The lowest BCUT2D eigenvalue weighted by Gasteiger charge is -2.54. The number of nitrogens with zero attached hydrogens (tertiary/aromatic N) is 1. The molecule has 3 fully saturated rings. The topological polar surface area (TPSA) is 77.1 Å². The lowest BCUT2D eigenvalue weighted by atomic mass is 9.89. The maximum absolute atomic E-state index is 14.0. The first-order valence-corrected chi connectivity index (χ1v) is 12.7. The summed E-state index contributed by atoms with van der Waals surface area (Å²) >= 11 is 0. The van der Waals surface area contributed by atoms with Crippen LogP contribution in [-0.2, 0) is 19.0 Å². The van der Waals surface area contributed by atoms with Crippen LogP contribution in [0.1, 0.15) is 63.5 Å². The van der Waals surface area contributed by atoms with Gasteiger partial charge in [0, 0.05) is 11.0 Å². The van der Waals surface area contributed by atoms with E-state index in [0.717, 1.165) is 5.56 Å². The Kier molecular flexibility index (Phi) is 7.28. The van der Waals surface area contributed by atoms with Gasteiger partial charge < -0.3 is 24.4 Å². The van der Waals surface area contributed by atoms with Gasteiger partial charge in [0.1, 0.15) is 11.6 Å². The third-order valence-electron chi connectivity index (χ3n) is 7.27. The van der Waals surface area contributed by atoms with E-state index in [9.17, 15) is 9.59 Å². The van der Waals surface area contributed by atoms with Crippen molar-refractivity contribution in [2.75, 3.05) is 19.8 Å². The van der Waals surface area contributed by atoms with Crippen molar-refractivity contribution in [3.05, 3.63) is 71.8 Å². The monoisotopic (exact) mass is 494 g/mol. The lowest BCUT2D eigenvalue weighted by Crippen LogP contribution is -2.70. The van der Waals surface area contributed by atoms with Gasteiger partial charge in [-0.3, -0.25) is 9.59 Å². The van der Waals surface area contributed by atoms with Gasteiger partial charge in [-0.1, -0.05) is 69.3 Å². The summed E-state index contributed by atoms with van der Waals surface area (Å²) in [5.41, 5.74) is 0.0740. The predicted molar refractivity (Wildman–Crippen MR) is 137 cm³/mol. The summed E-state index contributed by atoms with van der Waals surface area (Å²) in [6.45, 7) is 13.0. The molecule has 0 aliphatic carbocycles. The molecule has 7 heteroatoms. The number of carbonyl (C=O) groups excluding carboxylic acids is 2. The van der Waals surface area contributed by atoms with Gasteiger partial charge in [-0.25, -0.2) is 0 Å². The van der Waals surface area contributed by atoms with Gasteiger partial charge in [0.15, 0.2) is 0 Å². The standard InChI is InChI=1S/C29H38N2O5/c1-20(2)24(29-34-17-28(6,18-35-29)19-36-29)30-26(33)27(4,5)31(21(3)22-13-9-7-10-14-22)25(32)23-15-11-8-12-16-23/h7-16,20-21,24H,17-19H2,1-6H3,(H,30,33)/t21-,24-,28?,29?/m0/s1.